The summed E-state index contributed by atoms with van der Waals surface area (Å²) < 4.78 is 13.5. The maximum Gasteiger partial charge on any atom is 0.125 e. The second-order valence-electron chi connectivity index (χ2n) is 6.67. The van der Waals surface area contributed by atoms with E-state index in [9.17, 15) is 9.50 Å². The van der Waals surface area contributed by atoms with Crippen LogP contribution in [0.4, 0.5) is 10.1 Å². The van der Waals surface area contributed by atoms with Gasteiger partial charge in [0.1, 0.15) is 11.6 Å². The number of halogens is 1. The third-order valence-electron chi connectivity index (χ3n) is 4.84. The Bertz CT molecular complexity index is 916. The molecule has 1 saturated heterocycles. The van der Waals surface area contributed by atoms with Gasteiger partial charge in [0.15, 0.2) is 0 Å². The van der Waals surface area contributed by atoms with E-state index in [1.807, 2.05) is 18.2 Å². The lowest BCUT2D eigenvalue weighted by molar-refractivity contribution is 0.313. The van der Waals surface area contributed by atoms with Crippen molar-refractivity contribution in [2.45, 2.75) is 0 Å². The van der Waals surface area contributed by atoms with Gasteiger partial charge < -0.3 is 14.9 Å². The molecule has 5 nitrogen and oxygen atoms in total. The Balaban J connectivity index is 1.62. The number of hydrogen-bond donors (Lipinski definition) is 2. The van der Waals surface area contributed by atoms with E-state index in [0.717, 1.165) is 37.4 Å². The zero-order chi connectivity index (χ0) is 18.1. The van der Waals surface area contributed by atoms with Crippen molar-refractivity contribution in [2.24, 2.45) is 0 Å². The van der Waals surface area contributed by atoms with E-state index >= 15 is 0 Å². The van der Waals surface area contributed by atoms with Crippen LogP contribution in [0.5, 0.6) is 5.75 Å². The number of piperazine rings is 1. The van der Waals surface area contributed by atoms with Gasteiger partial charge in [-0.1, -0.05) is 12.1 Å². The average molecular weight is 352 g/mol. The number of rotatable bonds is 3. The number of aromatic hydroxyl groups is 1. The first-order valence-electron chi connectivity index (χ1n) is 8.68. The zero-order valence-corrected chi connectivity index (χ0v) is 14.6. The van der Waals surface area contributed by atoms with Gasteiger partial charge >= 0.3 is 0 Å². The minimum absolute atomic E-state index is 0.00985. The van der Waals surface area contributed by atoms with Gasteiger partial charge in [-0.05, 0) is 43.4 Å². The first kappa shape index (κ1) is 16.6. The number of phenols is 1. The quantitative estimate of drug-likeness (QED) is 0.759. The summed E-state index contributed by atoms with van der Waals surface area (Å²) in [5, 5.41) is 17.2. The van der Waals surface area contributed by atoms with Gasteiger partial charge in [0.2, 0.25) is 0 Å². The van der Waals surface area contributed by atoms with E-state index < -0.39 is 5.82 Å². The van der Waals surface area contributed by atoms with Crippen molar-refractivity contribution in [1.29, 1.82) is 0 Å². The van der Waals surface area contributed by atoms with Crippen molar-refractivity contribution in [3.8, 4) is 28.3 Å². The van der Waals surface area contributed by atoms with E-state index in [4.69, 9.17) is 0 Å². The van der Waals surface area contributed by atoms with Crippen LogP contribution in [0.25, 0.3) is 22.5 Å². The Hall–Kier alpha value is -2.86. The Morgan fingerprint density at radius 3 is 2.65 bits per heavy atom. The monoisotopic (exact) mass is 352 g/mol. The normalized spacial score (nSPS) is 15.4. The summed E-state index contributed by atoms with van der Waals surface area (Å²) in [6.45, 7) is 4.12. The highest BCUT2D eigenvalue weighted by Crippen LogP contribution is 2.31. The number of aromatic amines is 1. The summed E-state index contributed by atoms with van der Waals surface area (Å²) in [5.74, 6) is -0.393. The predicted molar refractivity (Wildman–Crippen MR) is 101 cm³/mol. The Kier molecular flexibility index (Phi) is 4.34. The number of anilines is 1. The molecule has 134 valence electrons. The summed E-state index contributed by atoms with van der Waals surface area (Å²) in [6.07, 6.45) is 0. The number of hydrogen-bond acceptors (Lipinski definition) is 4. The lowest BCUT2D eigenvalue weighted by atomic mass is 10.1. The third-order valence-corrected chi connectivity index (χ3v) is 4.84. The third kappa shape index (κ3) is 3.28. The fourth-order valence-electron chi connectivity index (χ4n) is 3.26. The highest BCUT2D eigenvalue weighted by Gasteiger charge is 2.15. The van der Waals surface area contributed by atoms with Crippen LogP contribution in [0.2, 0.25) is 0 Å². The van der Waals surface area contributed by atoms with Crippen molar-refractivity contribution < 1.29 is 9.50 Å². The van der Waals surface area contributed by atoms with Gasteiger partial charge in [-0.15, -0.1) is 0 Å². The number of phenolic OH excluding ortho intramolecular Hbond substituents is 1. The van der Waals surface area contributed by atoms with Crippen molar-refractivity contribution in [1.82, 2.24) is 15.1 Å². The van der Waals surface area contributed by atoms with Gasteiger partial charge in [-0.3, -0.25) is 5.10 Å². The summed E-state index contributed by atoms with van der Waals surface area (Å²) in [5.41, 5.74) is 3.92. The molecule has 0 unspecified atom stereocenters. The molecule has 1 aromatic heterocycles. The summed E-state index contributed by atoms with van der Waals surface area (Å²) in [6, 6.07) is 14.0. The molecule has 0 aliphatic carbocycles. The Labute approximate surface area is 151 Å². The molecule has 0 amide bonds. The van der Waals surface area contributed by atoms with Gasteiger partial charge in [0.05, 0.1) is 11.4 Å². The molecule has 0 radical (unpaired) electrons. The summed E-state index contributed by atoms with van der Waals surface area (Å²) >= 11 is 0. The zero-order valence-electron chi connectivity index (χ0n) is 14.6. The van der Waals surface area contributed by atoms with E-state index in [-0.39, 0.29) is 5.75 Å². The molecule has 26 heavy (non-hydrogen) atoms. The van der Waals surface area contributed by atoms with E-state index in [1.54, 1.807) is 0 Å². The lowest BCUT2D eigenvalue weighted by Crippen LogP contribution is -2.44. The first-order chi connectivity index (χ1) is 12.6. The van der Waals surface area contributed by atoms with Crippen molar-refractivity contribution in [2.75, 3.05) is 38.1 Å². The van der Waals surface area contributed by atoms with Crippen molar-refractivity contribution in [3.05, 3.63) is 54.3 Å². The molecule has 2 heterocycles. The fraction of sp³-hybridized carbons (Fsp3) is 0.250. The highest BCUT2D eigenvalue weighted by molar-refractivity contribution is 5.73. The fourth-order valence-corrected chi connectivity index (χ4v) is 3.26. The second kappa shape index (κ2) is 6.80. The molecule has 4 rings (SSSR count). The van der Waals surface area contributed by atoms with E-state index in [1.165, 1.54) is 23.9 Å². The number of aromatic nitrogens is 2. The molecule has 2 N–H and O–H groups in total. The van der Waals surface area contributed by atoms with Gasteiger partial charge in [0, 0.05) is 43.0 Å². The van der Waals surface area contributed by atoms with Gasteiger partial charge in [-0.2, -0.15) is 5.10 Å². The topological polar surface area (TPSA) is 55.4 Å². The van der Waals surface area contributed by atoms with Crippen LogP contribution in [0.1, 0.15) is 0 Å². The average Bonchev–Trinajstić information content (AvgIpc) is 3.14. The smallest absolute Gasteiger partial charge is 0.125 e. The van der Waals surface area contributed by atoms with Gasteiger partial charge in [0.25, 0.3) is 0 Å². The minimum atomic E-state index is -0.403. The molecule has 1 aliphatic rings. The first-order valence-corrected chi connectivity index (χ1v) is 8.68. The molecule has 6 heteroatoms. The maximum absolute atomic E-state index is 13.5. The van der Waals surface area contributed by atoms with Crippen molar-refractivity contribution >= 4 is 5.69 Å². The molecule has 0 bridgehead atoms. The number of H-pyrrole nitrogens is 1. The largest absolute Gasteiger partial charge is 0.507 e. The standard InChI is InChI=1S/C20H21FN4O/c1-24-7-9-25(10-8-24)16-4-2-3-14(11-16)18-13-19(23-22-18)17-12-15(21)5-6-20(17)26/h2-6,11-13,26H,7-10H2,1H3,(H,22,23). The van der Waals surface area contributed by atoms with Crippen LogP contribution in [0, 0.1) is 5.82 Å². The molecule has 0 atom stereocenters. The summed E-state index contributed by atoms with van der Waals surface area (Å²) in [4.78, 5) is 4.70. The molecule has 2 aromatic carbocycles. The van der Waals surface area contributed by atoms with Crippen LogP contribution < -0.4 is 4.90 Å². The number of nitrogens with one attached hydrogen (secondary N) is 1. The molecule has 0 saturated carbocycles. The van der Waals surface area contributed by atoms with Crippen LogP contribution in [0.15, 0.2) is 48.5 Å². The Morgan fingerprint density at radius 1 is 1.04 bits per heavy atom. The Morgan fingerprint density at radius 2 is 1.85 bits per heavy atom. The SMILES string of the molecule is CN1CCN(c2cccc(-c3cc(-c4cc(F)ccc4O)n[nH]3)c2)CC1. The van der Waals surface area contributed by atoms with E-state index in [2.05, 4.69) is 39.2 Å². The number of nitrogens with zero attached hydrogens (tertiary/aromatic N) is 3. The highest BCUT2D eigenvalue weighted by atomic mass is 19.1. The predicted octanol–water partition coefficient (Wildman–Crippen LogP) is 3.34. The van der Waals surface area contributed by atoms with Crippen LogP contribution >= 0.6 is 0 Å². The molecule has 3 aromatic rings. The minimum Gasteiger partial charge on any atom is -0.507 e. The second-order valence-corrected chi connectivity index (χ2v) is 6.67. The molecular formula is C20H21FN4O. The van der Waals surface area contributed by atoms with E-state index in [0.29, 0.717) is 11.3 Å². The van der Waals surface area contributed by atoms with Crippen LogP contribution in [-0.4, -0.2) is 53.4 Å². The lowest BCUT2D eigenvalue weighted by Gasteiger charge is -2.34. The van der Waals surface area contributed by atoms with Crippen molar-refractivity contribution in [3.63, 3.8) is 0 Å². The maximum atomic E-state index is 13.5. The molecule has 0 spiro atoms. The van der Waals surface area contributed by atoms with Crippen LogP contribution in [-0.2, 0) is 0 Å². The van der Waals surface area contributed by atoms with Gasteiger partial charge in [-0.25, -0.2) is 4.39 Å². The molecule has 1 aliphatic heterocycles. The molecule has 1 fully saturated rings. The number of likely N-dealkylation sites (N-methyl/N-ethyl adjacent to an activating group) is 1. The van der Waals surface area contributed by atoms with Crippen LogP contribution in [0.3, 0.4) is 0 Å². The molecular weight excluding hydrogens is 331 g/mol. The summed E-state index contributed by atoms with van der Waals surface area (Å²) in [7, 11) is 2.14. The number of benzene rings is 2.